The summed E-state index contributed by atoms with van der Waals surface area (Å²) in [7, 11) is -3.51. The minimum Gasteiger partial charge on any atom is -0.381 e. The molecule has 2 saturated heterocycles. The third-order valence-corrected chi connectivity index (χ3v) is 7.13. The van der Waals surface area contributed by atoms with Crippen molar-refractivity contribution in [3.8, 4) is 0 Å². The fourth-order valence-electron chi connectivity index (χ4n) is 3.58. The zero-order valence-electron chi connectivity index (χ0n) is 14.9. The molecule has 7 heteroatoms. The number of ether oxygens (including phenoxy) is 1. The lowest BCUT2D eigenvalue weighted by molar-refractivity contribution is -0.139. The first kappa shape index (κ1) is 18.4. The molecule has 1 amide bonds. The predicted molar refractivity (Wildman–Crippen MR) is 94.8 cm³/mol. The van der Waals surface area contributed by atoms with Crippen molar-refractivity contribution in [3.05, 3.63) is 29.3 Å². The molecule has 0 atom stereocenters. The number of nitrogens with zero attached hydrogens (tertiary/aromatic N) is 2. The van der Waals surface area contributed by atoms with E-state index in [1.54, 1.807) is 6.07 Å². The molecule has 25 heavy (non-hydrogen) atoms. The van der Waals surface area contributed by atoms with E-state index in [0.717, 1.165) is 24.0 Å². The fourth-order valence-corrected chi connectivity index (χ4v) is 5.21. The lowest BCUT2D eigenvalue weighted by Crippen LogP contribution is -2.52. The van der Waals surface area contributed by atoms with Gasteiger partial charge in [-0.25, -0.2) is 8.42 Å². The molecule has 1 aromatic rings. The molecule has 2 aliphatic rings. The summed E-state index contributed by atoms with van der Waals surface area (Å²) in [5, 5.41) is 0. The SMILES string of the molecule is Cc1ccc(S(=O)(=O)N2CCN(C(=O)C3CCOCC3)CC2)c(C)c1. The zero-order chi connectivity index (χ0) is 18.0. The third kappa shape index (κ3) is 3.88. The van der Waals surface area contributed by atoms with Crippen molar-refractivity contribution in [2.24, 2.45) is 5.92 Å². The van der Waals surface area contributed by atoms with Crippen molar-refractivity contribution in [1.82, 2.24) is 9.21 Å². The topological polar surface area (TPSA) is 66.9 Å². The van der Waals surface area contributed by atoms with E-state index in [2.05, 4.69) is 0 Å². The second-order valence-electron chi connectivity index (χ2n) is 6.88. The van der Waals surface area contributed by atoms with E-state index in [1.165, 1.54) is 4.31 Å². The Balaban J connectivity index is 1.66. The minimum atomic E-state index is -3.51. The zero-order valence-corrected chi connectivity index (χ0v) is 15.7. The first-order valence-electron chi connectivity index (χ1n) is 8.83. The monoisotopic (exact) mass is 366 g/mol. The van der Waals surface area contributed by atoms with Crippen LogP contribution in [0.5, 0.6) is 0 Å². The Hall–Kier alpha value is -1.44. The molecule has 1 aromatic carbocycles. The van der Waals surface area contributed by atoms with Gasteiger partial charge in [0.05, 0.1) is 4.90 Å². The number of benzene rings is 1. The number of carbonyl (C=O) groups excluding carboxylic acids is 1. The summed E-state index contributed by atoms with van der Waals surface area (Å²) in [5.41, 5.74) is 1.81. The molecule has 2 heterocycles. The molecule has 0 unspecified atom stereocenters. The number of sulfonamides is 1. The molecule has 0 radical (unpaired) electrons. The Morgan fingerprint density at radius 3 is 2.32 bits per heavy atom. The van der Waals surface area contributed by atoms with E-state index in [9.17, 15) is 13.2 Å². The maximum Gasteiger partial charge on any atom is 0.243 e. The molecule has 0 spiro atoms. The largest absolute Gasteiger partial charge is 0.381 e. The van der Waals surface area contributed by atoms with E-state index in [1.807, 2.05) is 30.9 Å². The number of amides is 1. The highest BCUT2D eigenvalue weighted by Gasteiger charge is 2.33. The molecule has 0 saturated carbocycles. The van der Waals surface area contributed by atoms with Crippen LogP contribution in [0.2, 0.25) is 0 Å². The van der Waals surface area contributed by atoms with Crippen LogP contribution in [0.3, 0.4) is 0 Å². The standard InChI is InChI=1S/C18H26N2O4S/c1-14-3-4-17(15(2)13-14)25(22,23)20-9-7-19(8-10-20)18(21)16-5-11-24-12-6-16/h3-4,13,16H,5-12H2,1-2H3. The van der Waals surface area contributed by atoms with Crippen molar-refractivity contribution < 1.29 is 17.9 Å². The average Bonchev–Trinajstić information content (AvgIpc) is 2.61. The molecule has 0 aliphatic carbocycles. The second-order valence-corrected chi connectivity index (χ2v) is 8.79. The fraction of sp³-hybridized carbons (Fsp3) is 0.611. The first-order chi connectivity index (χ1) is 11.9. The molecule has 3 rings (SSSR count). The first-order valence-corrected chi connectivity index (χ1v) is 10.3. The van der Waals surface area contributed by atoms with Crippen LogP contribution in [-0.4, -0.2) is 62.9 Å². The molecule has 0 aromatic heterocycles. The summed E-state index contributed by atoms with van der Waals surface area (Å²) in [4.78, 5) is 14.7. The molecule has 2 fully saturated rings. The Kier molecular flexibility index (Phi) is 5.46. The molecule has 0 bridgehead atoms. The van der Waals surface area contributed by atoms with Gasteiger partial charge >= 0.3 is 0 Å². The van der Waals surface area contributed by atoms with Crippen molar-refractivity contribution in [2.75, 3.05) is 39.4 Å². The number of aryl methyl sites for hydroxylation is 2. The quantitative estimate of drug-likeness (QED) is 0.814. The van der Waals surface area contributed by atoms with Gasteiger partial charge in [0.1, 0.15) is 0 Å². The van der Waals surface area contributed by atoms with Gasteiger partial charge in [-0.2, -0.15) is 4.31 Å². The number of rotatable bonds is 3. The van der Waals surface area contributed by atoms with Gasteiger partial charge in [0.25, 0.3) is 0 Å². The Morgan fingerprint density at radius 1 is 1.08 bits per heavy atom. The van der Waals surface area contributed by atoms with E-state index in [0.29, 0.717) is 44.3 Å². The van der Waals surface area contributed by atoms with Crippen molar-refractivity contribution in [3.63, 3.8) is 0 Å². The molecular weight excluding hydrogens is 340 g/mol. The van der Waals surface area contributed by atoms with Gasteiger partial charge in [0, 0.05) is 45.3 Å². The van der Waals surface area contributed by atoms with Crippen LogP contribution in [0, 0.1) is 19.8 Å². The van der Waals surface area contributed by atoms with Gasteiger partial charge in [-0.05, 0) is 38.3 Å². The van der Waals surface area contributed by atoms with Gasteiger partial charge < -0.3 is 9.64 Å². The maximum absolute atomic E-state index is 12.9. The number of piperazine rings is 1. The average molecular weight is 366 g/mol. The van der Waals surface area contributed by atoms with Crippen molar-refractivity contribution in [1.29, 1.82) is 0 Å². The van der Waals surface area contributed by atoms with Gasteiger partial charge in [-0.3, -0.25) is 4.79 Å². The van der Waals surface area contributed by atoms with Crippen LogP contribution in [0.1, 0.15) is 24.0 Å². The van der Waals surface area contributed by atoms with Crippen molar-refractivity contribution >= 4 is 15.9 Å². The highest BCUT2D eigenvalue weighted by atomic mass is 32.2. The maximum atomic E-state index is 12.9. The Bertz CT molecular complexity index is 733. The molecule has 2 aliphatic heterocycles. The third-order valence-electron chi connectivity index (χ3n) is 5.07. The Labute approximate surface area is 149 Å². The number of hydrogen-bond donors (Lipinski definition) is 0. The normalized spacial score (nSPS) is 20.6. The summed E-state index contributed by atoms with van der Waals surface area (Å²) in [6.07, 6.45) is 1.53. The smallest absolute Gasteiger partial charge is 0.243 e. The van der Waals surface area contributed by atoms with Gasteiger partial charge in [0.15, 0.2) is 0 Å². The van der Waals surface area contributed by atoms with E-state index >= 15 is 0 Å². The van der Waals surface area contributed by atoms with Crippen LogP contribution in [0.4, 0.5) is 0 Å². The summed E-state index contributed by atoms with van der Waals surface area (Å²) < 4.78 is 32.6. The Morgan fingerprint density at radius 2 is 1.72 bits per heavy atom. The van der Waals surface area contributed by atoms with Gasteiger partial charge in [0.2, 0.25) is 15.9 Å². The van der Waals surface area contributed by atoms with Gasteiger partial charge in [-0.1, -0.05) is 17.7 Å². The van der Waals surface area contributed by atoms with Crippen LogP contribution in [-0.2, 0) is 19.6 Å². The van der Waals surface area contributed by atoms with Crippen LogP contribution < -0.4 is 0 Å². The summed E-state index contributed by atoms with van der Waals surface area (Å²) >= 11 is 0. The van der Waals surface area contributed by atoms with E-state index in [-0.39, 0.29) is 11.8 Å². The van der Waals surface area contributed by atoms with Crippen LogP contribution in [0.25, 0.3) is 0 Å². The second kappa shape index (κ2) is 7.43. The van der Waals surface area contributed by atoms with E-state index < -0.39 is 10.0 Å². The molecule has 6 nitrogen and oxygen atoms in total. The van der Waals surface area contributed by atoms with Crippen LogP contribution >= 0.6 is 0 Å². The highest BCUT2D eigenvalue weighted by Crippen LogP contribution is 2.23. The van der Waals surface area contributed by atoms with Crippen LogP contribution in [0.15, 0.2) is 23.1 Å². The summed E-state index contributed by atoms with van der Waals surface area (Å²) in [5.74, 6) is 0.170. The van der Waals surface area contributed by atoms with Gasteiger partial charge in [-0.15, -0.1) is 0 Å². The lowest BCUT2D eigenvalue weighted by atomic mass is 9.98. The molecule has 0 N–H and O–H groups in total. The van der Waals surface area contributed by atoms with Crippen molar-refractivity contribution in [2.45, 2.75) is 31.6 Å². The lowest BCUT2D eigenvalue weighted by Gasteiger charge is -2.36. The highest BCUT2D eigenvalue weighted by molar-refractivity contribution is 7.89. The molecular formula is C18H26N2O4S. The molecule has 138 valence electrons. The minimum absolute atomic E-state index is 0.0243. The number of hydrogen-bond acceptors (Lipinski definition) is 4. The summed E-state index contributed by atoms with van der Waals surface area (Å²) in [6, 6.07) is 5.39. The van der Waals surface area contributed by atoms with E-state index in [4.69, 9.17) is 4.74 Å². The summed E-state index contributed by atoms with van der Waals surface area (Å²) in [6.45, 7) is 6.67. The number of carbonyl (C=O) groups is 1. The predicted octanol–water partition coefficient (Wildman–Crippen LogP) is 1.56.